The molecule has 2 aromatic carbocycles. The second-order valence-electron chi connectivity index (χ2n) is 5.31. The number of hydrogen-bond acceptors (Lipinski definition) is 1. The molecule has 0 amide bonds. The van der Waals surface area contributed by atoms with E-state index in [2.05, 4.69) is 50.4 Å². The van der Waals surface area contributed by atoms with Crippen LogP contribution in [0.3, 0.4) is 0 Å². The molecule has 106 valence electrons. The van der Waals surface area contributed by atoms with Gasteiger partial charge in [0.1, 0.15) is 5.82 Å². The van der Waals surface area contributed by atoms with Crippen LogP contribution in [0.5, 0.6) is 0 Å². The molecule has 0 fully saturated rings. The van der Waals surface area contributed by atoms with Gasteiger partial charge in [-0.15, -0.1) is 0 Å². The van der Waals surface area contributed by atoms with Gasteiger partial charge in [-0.3, -0.25) is 0 Å². The van der Waals surface area contributed by atoms with Gasteiger partial charge in [-0.05, 0) is 43.5 Å². The molecule has 0 saturated carbocycles. The van der Waals surface area contributed by atoms with Gasteiger partial charge in [0.25, 0.3) is 0 Å². The zero-order valence-corrected chi connectivity index (χ0v) is 12.4. The predicted molar refractivity (Wildman–Crippen MR) is 82.2 cm³/mol. The van der Waals surface area contributed by atoms with Crippen LogP contribution in [-0.2, 0) is 0 Å². The molecule has 1 N–H and O–H groups in total. The fourth-order valence-electron chi connectivity index (χ4n) is 2.42. The number of benzene rings is 2. The van der Waals surface area contributed by atoms with E-state index in [1.54, 1.807) is 12.1 Å². The van der Waals surface area contributed by atoms with Crippen molar-refractivity contribution in [1.82, 2.24) is 5.32 Å². The molecule has 20 heavy (non-hydrogen) atoms. The quantitative estimate of drug-likeness (QED) is 0.812. The van der Waals surface area contributed by atoms with E-state index in [1.807, 2.05) is 6.07 Å². The van der Waals surface area contributed by atoms with E-state index in [0.717, 1.165) is 12.0 Å². The minimum absolute atomic E-state index is 0.122. The summed E-state index contributed by atoms with van der Waals surface area (Å²) in [5.74, 6) is -0.181. The van der Waals surface area contributed by atoms with Crippen molar-refractivity contribution in [1.29, 1.82) is 0 Å². The van der Waals surface area contributed by atoms with Crippen molar-refractivity contribution >= 4 is 0 Å². The van der Waals surface area contributed by atoms with E-state index in [4.69, 9.17) is 0 Å². The van der Waals surface area contributed by atoms with Crippen LogP contribution in [0.25, 0.3) is 0 Å². The summed E-state index contributed by atoms with van der Waals surface area (Å²) in [6.45, 7) is 6.33. The highest BCUT2D eigenvalue weighted by molar-refractivity contribution is 5.25. The van der Waals surface area contributed by atoms with Gasteiger partial charge in [0.15, 0.2) is 0 Å². The van der Waals surface area contributed by atoms with Crippen molar-refractivity contribution < 1.29 is 4.39 Å². The van der Waals surface area contributed by atoms with Gasteiger partial charge < -0.3 is 5.32 Å². The maximum atomic E-state index is 13.3. The van der Waals surface area contributed by atoms with Crippen molar-refractivity contribution in [3.05, 3.63) is 71.0 Å². The van der Waals surface area contributed by atoms with Crippen molar-refractivity contribution in [3.63, 3.8) is 0 Å². The summed E-state index contributed by atoms with van der Waals surface area (Å²) in [4.78, 5) is 0. The molecule has 2 heteroatoms. The third-order valence-electron chi connectivity index (χ3n) is 3.69. The molecule has 0 spiro atoms. The molecule has 2 rings (SSSR count). The minimum atomic E-state index is -0.181. The summed E-state index contributed by atoms with van der Waals surface area (Å²) in [5, 5.41) is 3.58. The molecule has 0 aliphatic rings. The van der Waals surface area contributed by atoms with Crippen molar-refractivity contribution in [2.24, 2.45) is 0 Å². The topological polar surface area (TPSA) is 12.0 Å². The Morgan fingerprint density at radius 3 is 2.35 bits per heavy atom. The number of rotatable bonds is 5. The van der Waals surface area contributed by atoms with E-state index < -0.39 is 0 Å². The maximum Gasteiger partial charge on any atom is 0.123 e. The maximum absolute atomic E-state index is 13.3. The highest BCUT2D eigenvalue weighted by Crippen LogP contribution is 2.22. The SMILES string of the molecule is CCC(NC(C)c1cccc(F)c1)c1ccc(C)cc1. The molecule has 0 aliphatic carbocycles. The first-order valence-electron chi connectivity index (χ1n) is 7.18. The lowest BCUT2D eigenvalue weighted by Crippen LogP contribution is -2.24. The number of nitrogens with one attached hydrogen (secondary N) is 1. The van der Waals surface area contributed by atoms with Crippen LogP contribution < -0.4 is 5.32 Å². The first kappa shape index (κ1) is 14.7. The Bertz CT molecular complexity index is 548. The van der Waals surface area contributed by atoms with Gasteiger partial charge >= 0.3 is 0 Å². The predicted octanol–water partition coefficient (Wildman–Crippen LogP) is 4.94. The third-order valence-corrected chi connectivity index (χ3v) is 3.69. The van der Waals surface area contributed by atoms with Gasteiger partial charge in [0.05, 0.1) is 0 Å². The molecule has 0 heterocycles. The lowest BCUT2D eigenvalue weighted by molar-refractivity contribution is 0.455. The van der Waals surface area contributed by atoms with Crippen LogP contribution in [0.2, 0.25) is 0 Å². The van der Waals surface area contributed by atoms with Gasteiger partial charge in [0.2, 0.25) is 0 Å². The second kappa shape index (κ2) is 6.67. The smallest absolute Gasteiger partial charge is 0.123 e. The fourth-order valence-corrected chi connectivity index (χ4v) is 2.42. The normalized spacial score (nSPS) is 14.0. The highest BCUT2D eigenvalue weighted by atomic mass is 19.1. The van der Waals surface area contributed by atoms with Crippen LogP contribution in [0.1, 0.15) is 49.0 Å². The molecule has 0 aliphatic heterocycles. The van der Waals surface area contributed by atoms with Gasteiger partial charge in [-0.25, -0.2) is 4.39 Å². The summed E-state index contributed by atoms with van der Waals surface area (Å²) in [5.41, 5.74) is 3.53. The summed E-state index contributed by atoms with van der Waals surface area (Å²) in [6, 6.07) is 15.8. The Labute approximate surface area is 120 Å². The molecule has 0 radical (unpaired) electrons. The first-order chi connectivity index (χ1) is 9.60. The summed E-state index contributed by atoms with van der Waals surface area (Å²) in [6.07, 6.45) is 1.00. The van der Waals surface area contributed by atoms with E-state index in [1.165, 1.54) is 17.2 Å². The standard InChI is InChI=1S/C18H22FN/c1-4-18(15-10-8-13(2)9-11-15)20-14(3)16-6-5-7-17(19)12-16/h5-12,14,18,20H,4H2,1-3H3. The number of aryl methyl sites for hydroxylation is 1. The largest absolute Gasteiger partial charge is 0.303 e. The average molecular weight is 271 g/mol. The number of hydrogen-bond donors (Lipinski definition) is 1. The first-order valence-corrected chi connectivity index (χ1v) is 7.18. The van der Waals surface area contributed by atoms with Gasteiger partial charge in [-0.2, -0.15) is 0 Å². The Morgan fingerprint density at radius 1 is 1.05 bits per heavy atom. The molecule has 2 aromatic rings. The molecule has 2 unspecified atom stereocenters. The van der Waals surface area contributed by atoms with Crippen LogP contribution in [-0.4, -0.2) is 0 Å². The Morgan fingerprint density at radius 2 is 1.75 bits per heavy atom. The molecular weight excluding hydrogens is 249 g/mol. The summed E-state index contributed by atoms with van der Waals surface area (Å²) >= 11 is 0. The lowest BCUT2D eigenvalue weighted by Gasteiger charge is -2.23. The van der Waals surface area contributed by atoms with Crippen LogP contribution in [0.15, 0.2) is 48.5 Å². The lowest BCUT2D eigenvalue weighted by atomic mass is 10.0. The Hall–Kier alpha value is -1.67. The van der Waals surface area contributed by atoms with Crippen molar-refractivity contribution in [2.45, 2.75) is 39.3 Å². The molecule has 1 nitrogen and oxygen atoms in total. The molecule has 2 atom stereocenters. The average Bonchev–Trinajstić information content (AvgIpc) is 2.45. The Kier molecular flexibility index (Phi) is 4.91. The zero-order chi connectivity index (χ0) is 14.5. The molecule has 0 saturated heterocycles. The monoisotopic (exact) mass is 271 g/mol. The molecule has 0 bridgehead atoms. The van der Waals surface area contributed by atoms with Crippen LogP contribution in [0, 0.1) is 12.7 Å². The van der Waals surface area contributed by atoms with Gasteiger partial charge in [0, 0.05) is 12.1 Å². The van der Waals surface area contributed by atoms with Crippen LogP contribution >= 0.6 is 0 Å². The van der Waals surface area contributed by atoms with E-state index in [-0.39, 0.29) is 17.9 Å². The van der Waals surface area contributed by atoms with E-state index >= 15 is 0 Å². The third kappa shape index (κ3) is 3.67. The van der Waals surface area contributed by atoms with Crippen molar-refractivity contribution in [3.8, 4) is 0 Å². The van der Waals surface area contributed by atoms with E-state index in [9.17, 15) is 4.39 Å². The minimum Gasteiger partial charge on any atom is -0.303 e. The van der Waals surface area contributed by atoms with Gasteiger partial charge in [-0.1, -0.05) is 48.9 Å². The van der Waals surface area contributed by atoms with Crippen molar-refractivity contribution in [2.75, 3.05) is 0 Å². The fraction of sp³-hybridized carbons (Fsp3) is 0.333. The van der Waals surface area contributed by atoms with Crippen LogP contribution in [0.4, 0.5) is 4.39 Å². The zero-order valence-electron chi connectivity index (χ0n) is 12.4. The highest BCUT2D eigenvalue weighted by Gasteiger charge is 2.14. The number of halogens is 1. The Balaban J connectivity index is 2.11. The van der Waals surface area contributed by atoms with E-state index in [0.29, 0.717) is 0 Å². The molecular formula is C18H22FN. The molecule has 0 aromatic heterocycles. The summed E-state index contributed by atoms with van der Waals surface area (Å²) in [7, 11) is 0. The second-order valence-corrected chi connectivity index (χ2v) is 5.31. The summed E-state index contributed by atoms with van der Waals surface area (Å²) < 4.78 is 13.3.